The summed E-state index contributed by atoms with van der Waals surface area (Å²) in [5.41, 5.74) is 1.67. The molecular formula is C16H11ClN2O3S2. The number of halogens is 1. The standard InChI is InChI=1S/C16H11ClN2O3S2/c1-22-15(21)13-7-6-12(24-13)14(20)19-16-18-11(8-23-16)9-2-4-10(17)5-3-9/h2-8H,1H3,(H,18,19,20). The first-order valence-corrected chi connectivity index (χ1v) is 8.85. The van der Waals surface area contributed by atoms with Crippen molar-refractivity contribution in [1.82, 2.24) is 4.98 Å². The molecule has 0 unspecified atom stereocenters. The maximum absolute atomic E-state index is 12.2. The van der Waals surface area contributed by atoms with Gasteiger partial charge in [0.15, 0.2) is 5.13 Å². The molecule has 3 rings (SSSR count). The number of methoxy groups -OCH3 is 1. The molecule has 1 amide bonds. The summed E-state index contributed by atoms with van der Waals surface area (Å²) < 4.78 is 4.63. The molecule has 24 heavy (non-hydrogen) atoms. The third-order valence-corrected chi connectivity index (χ3v) is 5.15. The number of thiazole rings is 1. The third-order valence-electron chi connectivity index (χ3n) is 3.08. The van der Waals surface area contributed by atoms with Gasteiger partial charge in [0.05, 0.1) is 17.7 Å². The van der Waals surface area contributed by atoms with Crippen LogP contribution in [0.15, 0.2) is 41.8 Å². The maximum atomic E-state index is 12.2. The Labute approximate surface area is 150 Å². The number of aromatic nitrogens is 1. The quantitative estimate of drug-likeness (QED) is 0.675. The number of benzene rings is 1. The molecule has 0 atom stereocenters. The van der Waals surface area contributed by atoms with Crippen LogP contribution in [-0.4, -0.2) is 24.0 Å². The van der Waals surface area contributed by atoms with Gasteiger partial charge in [-0.2, -0.15) is 0 Å². The first kappa shape index (κ1) is 16.6. The lowest BCUT2D eigenvalue weighted by atomic mass is 10.2. The summed E-state index contributed by atoms with van der Waals surface area (Å²) >= 11 is 8.27. The molecule has 2 heterocycles. The molecule has 8 heteroatoms. The van der Waals surface area contributed by atoms with Crippen LogP contribution in [0.3, 0.4) is 0 Å². The first-order valence-electron chi connectivity index (χ1n) is 6.78. The molecule has 0 aliphatic rings. The van der Waals surface area contributed by atoms with Crippen LogP contribution in [0.4, 0.5) is 5.13 Å². The highest BCUT2D eigenvalue weighted by Crippen LogP contribution is 2.27. The van der Waals surface area contributed by atoms with Crippen LogP contribution in [0.5, 0.6) is 0 Å². The largest absolute Gasteiger partial charge is 0.465 e. The second-order valence-electron chi connectivity index (χ2n) is 4.65. The first-order chi connectivity index (χ1) is 11.6. The van der Waals surface area contributed by atoms with E-state index in [1.54, 1.807) is 24.3 Å². The predicted octanol–water partition coefficient (Wildman–Crippen LogP) is 4.56. The zero-order valence-corrected chi connectivity index (χ0v) is 14.8. The van der Waals surface area contributed by atoms with E-state index in [0.717, 1.165) is 22.6 Å². The van der Waals surface area contributed by atoms with E-state index in [9.17, 15) is 9.59 Å². The van der Waals surface area contributed by atoms with Gasteiger partial charge in [-0.05, 0) is 24.3 Å². The molecule has 3 aromatic rings. The minimum Gasteiger partial charge on any atom is -0.465 e. The predicted molar refractivity (Wildman–Crippen MR) is 96.2 cm³/mol. The lowest BCUT2D eigenvalue weighted by molar-refractivity contribution is 0.0606. The topological polar surface area (TPSA) is 68.3 Å². The number of thiophene rings is 1. The van der Waals surface area contributed by atoms with E-state index in [-0.39, 0.29) is 5.91 Å². The fourth-order valence-electron chi connectivity index (χ4n) is 1.91. The van der Waals surface area contributed by atoms with Gasteiger partial charge in [0.2, 0.25) is 0 Å². The van der Waals surface area contributed by atoms with Crippen LogP contribution in [0.2, 0.25) is 5.02 Å². The van der Waals surface area contributed by atoms with Crippen molar-refractivity contribution in [3.05, 3.63) is 56.6 Å². The summed E-state index contributed by atoms with van der Waals surface area (Å²) in [5.74, 6) is -0.773. The Kier molecular flexibility index (Phi) is 4.94. The number of carbonyl (C=O) groups excluding carboxylic acids is 2. The highest BCUT2D eigenvalue weighted by atomic mass is 35.5. The van der Waals surface area contributed by atoms with Gasteiger partial charge >= 0.3 is 5.97 Å². The van der Waals surface area contributed by atoms with Gasteiger partial charge in [-0.15, -0.1) is 22.7 Å². The molecule has 0 saturated heterocycles. The number of amides is 1. The molecule has 5 nitrogen and oxygen atoms in total. The fraction of sp³-hybridized carbons (Fsp3) is 0.0625. The number of carbonyl (C=O) groups is 2. The SMILES string of the molecule is COC(=O)c1ccc(C(=O)Nc2nc(-c3ccc(Cl)cc3)cs2)s1. The van der Waals surface area contributed by atoms with Gasteiger partial charge < -0.3 is 4.74 Å². The lowest BCUT2D eigenvalue weighted by Gasteiger charge is -1.99. The molecule has 1 aromatic carbocycles. The number of anilines is 1. The van der Waals surface area contributed by atoms with Crippen LogP contribution in [-0.2, 0) is 4.74 Å². The molecule has 0 aliphatic carbocycles. The van der Waals surface area contributed by atoms with Crippen molar-refractivity contribution < 1.29 is 14.3 Å². The number of nitrogens with zero attached hydrogens (tertiary/aromatic N) is 1. The Balaban J connectivity index is 1.72. The van der Waals surface area contributed by atoms with E-state index in [2.05, 4.69) is 15.0 Å². The van der Waals surface area contributed by atoms with E-state index in [4.69, 9.17) is 11.6 Å². The van der Waals surface area contributed by atoms with Gasteiger partial charge in [0.1, 0.15) is 4.88 Å². The summed E-state index contributed by atoms with van der Waals surface area (Å²) in [5, 5.41) is 5.72. The summed E-state index contributed by atoms with van der Waals surface area (Å²) in [4.78, 5) is 28.8. The minimum atomic E-state index is -0.460. The van der Waals surface area contributed by atoms with Gasteiger partial charge in [-0.1, -0.05) is 23.7 Å². The summed E-state index contributed by atoms with van der Waals surface area (Å²) in [7, 11) is 1.30. The normalized spacial score (nSPS) is 10.4. The number of hydrogen-bond acceptors (Lipinski definition) is 6. The molecule has 0 aliphatic heterocycles. The number of nitrogens with one attached hydrogen (secondary N) is 1. The van der Waals surface area contributed by atoms with Gasteiger partial charge in [0.25, 0.3) is 5.91 Å². The smallest absolute Gasteiger partial charge is 0.348 e. The number of rotatable bonds is 4. The minimum absolute atomic E-state index is 0.313. The Morgan fingerprint density at radius 3 is 2.54 bits per heavy atom. The monoisotopic (exact) mass is 378 g/mol. The van der Waals surface area contributed by atoms with E-state index < -0.39 is 5.97 Å². The second-order valence-corrected chi connectivity index (χ2v) is 7.03. The zero-order chi connectivity index (χ0) is 17.1. The molecule has 2 aromatic heterocycles. The summed E-state index contributed by atoms with van der Waals surface area (Å²) in [6, 6.07) is 10.4. The Morgan fingerprint density at radius 2 is 1.83 bits per heavy atom. The van der Waals surface area contributed by atoms with Crippen molar-refractivity contribution in [2.75, 3.05) is 12.4 Å². The van der Waals surface area contributed by atoms with Gasteiger partial charge in [-0.3, -0.25) is 10.1 Å². The molecule has 0 bridgehead atoms. The number of ether oxygens (including phenoxy) is 1. The molecule has 0 spiro atoms. The third kappa shape index (κ3) is 3.64. The van der Waals surface area contributed by atoms with E-state index >= 15 is 0 Å². The van der Waals surface area contributed by atoms with Crippen molar-refractivity contribution in [1.29, 1.82) is 0 Å². The maximum Gasteiger partial charge on any atom is 0.348 e. The van der Waals surface area contributed by atoms with Crippen molar-refractivity contribution in [3.8, 4) is 11.3 Å². The van der Waals surface area contributed by atoms with Crippen molar-refractivity contribution in [3.63, 3.8) is 0 Å². The Hall–Kier alpha value is -2.22. The zero-order valence-electron chi connectivity index (χ0n) is 12.4. The van der Waals surface area contributed by atoms with Crippen LogP contribution < -0.4 is 5.32 Å². The van der Waals surface area contributed by atoms with Crippen LogP contribution in [0, 0.1) is 0 Å². The second kappa shape index (κ2) is 7.12. The van der Waals surface area contributed by atoms with E-state index in [1.807, 2.05) is 17.5 Å². The van der Waals surface area contributed by atoms with Crippen molar-refractivity contribution in [2.24, 2.45) is 0 Å². The van der Waals surface area contributed by atoms with Crippen LogP contribution in [0.25, 0.3) is 11.3 Å². The molecule has 0 fully saturated rings. The number of esters is 1. The summed E-state index contributed by atoms with van der Waals surface area (Å²) in [6.07, 6.45) is 0. The lowest BCUT2D eigenvalue weighted by Crippen LogP contribution is -2.09. The summed E-state index contributed by atoms with van der Waals surface area (Å²) in [6.45, 7) is 0. The van der Waals surface area contributed by atoms with Crippen LogP contribution in [0.1, 0.15) is 19.3 Å². The number of hydrogen-bond donors (Lipinski definition) is 1. The average molecular weight is 379 g/mol. The Bertz CT molecular complexity index is 887. The van der Waals surface area contributed by atoms with E-state index in [1.165, 1.54) is 18.4 Å². The Morgan fingerprint density at radius 1 is 1.12 bits per heavy atom. The molecule has 0 saturated carbocycles. The van der Waals surface area contributed by atoms with Crippen molar-refractivity contribution in [2.45, 2.75) is 0 Å². The highest BCUT2D eigenvalue weighted by molar-refractivity contribution is 7.16. The van der Waals surface area contributed by atoms with Gasteiger partial charge in [0, 0.05) is 16.0 Å². The highest BCUT2D eigenvalue weighted by Gasteiger charge is 2.15. The van der Waals surface area contributed by atoms with Gasteiger partial charge in [-0.25, -0.2) is 9.78 Å². The van der Waals surface area contributed by atoms with Crippen LogP contribution >= 0.6 is 34.3 Å². The van der Waals surface area contributed by atoms with E-state index in [0.29, 0.717) is 19.9 Å². The average Bonchev–Trinajstić information content (AvgIpc) is 3.24. The molecular weight excluding hydrogens is 368 g/mol. The molecule has 1 N–H and O–H groups in total. The van der Waals surface area contributed by atoms with Crippen molar-refractivity contribution >= 4 is 51.3 Å². The molecule has 0 radical (unpaired) electrons. The molecule has 122 valence electrons. The fourth-order valence-corrected chi connectivity index (χ4v) is 3.57.